The fraction of sp³-hybridized carbons (Fsp3) is 0.429. The van der Waals surface area contributed by atoms with Crippen LogP contribution in [0, 0.1) is 0 Å². The molecule has 0 radical (unpaired) electrons. The van der Waals surface area contributed by atoms with E-state index < -0.39 is 0 Å². The van der Waals surface area contributed by atoms with Gasteiger partial charge in [-0.3, -0.25) is 5.32 Å². The largest absolute Gasteiger partial charge is 0.367 e. The molecule has 10 heavy (non-hydrogen) atoms. The molecule has 3 heteroatoms. The van der Waals surface area contributed by atoms with Crippen LogP contribution in [-0.2, 0) is 4.74 Å². The van der Waals surface area contributed by atoms with Crippen LogP contribution in [0.15, 0.2) is 18.5 Å². The zero-order valence-electron chi connectivity index (χ0n) is 6.22. The first-order chi connectivity index (χ1) is 4.88. The van der Waals surface area contributed by atoms with Crippen molar-refractivity contribution in [3.63, 3.8) is 0 Å². The molecule has 56 valence electrons. The quantitative estimate of drug-likeness (QED) is 0.611. The Hall–Kier alpha value is -0.800. The van der Waals surface area contributed by atoms with E-state index in [2.05, 4.69) is 10.3 Å². The molecule has 0 aliphatic carbocycles. The lowest BCUT2D eigenvalue weighted by Gasteiger charge is -2.11. The van der Waals surface area contributed by atoms with Crippen LogP contribution < -0.4 is 5.32 Å². The molecule has 1 aromatic rings. The van der Waals surface area contributed by atoms with E-state index in [1.165, 1.54) is 0 Å². The van der Waals surface area contributed by atoms with E-state index in [1.807, 2.05) is 25.5 Å². The van der Waals surface area contributed by atoms with Gasteiger partial charge in [-0.15, -0.1) is 0 Å². The Labute approximate surface area is 60.4 Å². The third-order valence-electron chi connectivity index (χ3n) is 1.42. The second kappa shape index (κ2) is 3.39. The van der Waals surface area contributed by atoms with E-state index in [9.17, 15) is 0 Å². The van der Waals surface area contributed by atoms with Crippen LogP contribution in [0.1, 0.15) is 11.8 Å². The molecule has 1 unspecified atom stereocenters. The molecular formula is C7H12N2O. The van der Waals surface area contributed by atoms with Gasteiger partial charge in [0.05, 0.1) is 0 Å². The van der Waals surface area contributed by atoms with Crippen LogP contribution in [0.3, 0.4) is 0 Å². The molecule has 0 bridgehead atoms. The molecule has 0 aliphatic heterocycles. The predicted molar refractivity (Wildman–Crippen MR) is 39.6 cm³/mol. The zero-order valence-corrected chi connectivity index (χ0v) is 6.22. The summed E-state index contributed by atoms with van der Waals surface area (Å²) < 4.78 is 5.11. The highest BCUT2D eigenvalue weighted by molar-refractivity contribution is 5.10. The molecule has 0 amide bonds. The van der Waals surface area contributed by atoms with Crippen LogP contribution in [-0.4, -0.2) is 19.1 Å². The number of hydrogen-bond acceptors (Lipinski definition) is 2. The van der Waals surface area contributed by atoms with Gasteiger partial charge < -0.3 is 9.72 Å². The molecule has 1 rings (SSSR count). The maximum absolute atomic E-state index is 5.11. The van der Waals surface area contributed by atoms with E-state index in [-0.39, 0.29) is 6.23 Å². The summed E-state index contributed by atoms with van der Waals surface area (Å²) in [6.45, 7) is 0. The molecule has 0 spiro atoms. The van der Waals surface area contributed by atoms with Crippen LogP contribution in [0.25, 0.3) is 0 Å². The molecule has 1 atom stereocenters. The van der Waals surface area contributed by atoms with Crippen molar-refractivity contribution in [2.45, 2.75) is 6.23 Å². The summed E-state index contributed by atoms with van der Waals surface area (Å²) in [6.07, 6.45) is 3.79. The second-order valence-electron chi connectivity index (χ2n) is 2.05. The average Bonchev–Trinajstić information content (AvgIpc) is 2.43. The first-order valence-electron chi connectivity index (χ1n) is 3.21. The number of ether oxygens (including phenoxy) is 1. The molecule has 0 aromatic carbocycles. The van der Waals surface area contributed by atoms with Gasteiger partial charge in [-0.2, -0.15) is 0 Å². The van der Waals surface area contributed by atoms with Gasteiger partial charge in [0.15, 0.2) is 0 Å². The van der Waals surface area contributed by atoms with Crippen LogP contribution >= 0.6 is 0 Å². The lowest BCUT2D eigenvalue weighted by atomic mass is 10.3. The smallest absolute Gasteiger partial charge is 0.135 e. The van der Waals surface area contributed by atoms with E-state index in [0.717, 1.165) is 5.56 Å². The van der Waals surface area contributed by atoms with E-state index in [0.29, 0.717) is 0 Å². The van der Waals surface area contributed by atoms with Crippen LogP contribution in [0.5, 0.6) is 0 Å². The minimum Gasteiger partial charge on any atom is -0.367 e. The van der Waals surface area contributed by atoms with Crippen molar-refractivity contribution in [2.24, 2.45) is 0 Å². The maximum Gasteiger partial charge on any atom is 0.135 e. The summed E-state index contributed by atoms with van der Waals surface area (Å²) in [4.78, 5) is 2.96. The Kier molecular flexibility index (Phi) is 2.48. The number of methoxy groups -OCH3 is 1. The summed E-state index contributed by atoms with van der Waals surface area (Å²) in [5.41, 5.74) is 1.12. The van der Waals surface area contributed by atoms with Crippen molar-refractivity contribution in [1.29, 1.82) is 0 Å². The van der Waals surface area contributed by atoms with Gasteiger partial charge in [-0.25, -0.2) is 0 Å². The van der Waals surface area contributed by atoms with E-state index in [1.54, 1.807) is 7.11 Å². The van der Waals surface area contributed by atoms with Gasteiger partial charge in [-0.1, -0.05) is 0 Å². The molecular weight excluding hydrogens is 128 g/mol. The van der Waals surface area contributed by atoms with Crippen molar-refractivity contribution in [3.8, 4) is 0 Å². The molecule has 0 aliphatic rings. The van der Waals surface area contributed by atoms with Crippen molar-refractivity contribution in [3.05, 3.63) is 24.0 Å². The summed E-state index contributed by atoms with van der Waals surface area (Å²) in [5, 5.41) is 3.01. The Morgan fingerprint density at radius 1 is 1.70 bits per heavy atom. The predicted octanol–water partition coefficient (Wildman–Crippen LogP) is 0.879. The van der Waals surface area contributed by atoms with Gasteiger partial charge in [0, 0.05) is 25.1 Å². The van der Waals surface area contributed by atoms with Gasteiger partial charge in [-0.05, 0) is 13.1 Å². The molecule has 0 fully saturated rings. The number of rotatable bonds is 3. The number of hydrogen-bond donors (Lipinski definition) is 2. The highest BCUT2D eigenvalue weighted by Crippen LogP contribution is 2.10. The first kappa shape index (κ1) is 7.31. The fourth-order valence-corrected chi connectivity index (χ4v) is 0.920. The van der Waals surface area contributed by atoms with E-state index in [4.69, 9.17) is 4.74 Å². The topological polar surface area (TPSA) is 37.0 Å². The SMILES string of the molecule is CNC(OC)c1cc[nH]c1. The van der Waals surface area contributed by atoms with Crippen molar-refractivity contribution < 1.29 is 4.74 Å². The zero-order chi connectivity index (χ0) is 7.40. The molecule has 0 saturated carbocycles. The Balaban J connectivity index is 2.64. The van der Waals surface area contributed by atoms with Crippen molar-refractivity contribution >= 4 is 0 Å². The minimum atomic E-state index is 0.00579. The summed E-state index contributed by atoms with van der Waals surface area (Å²) in [5.74, 6) is 0. The monoisotopic (exact) mass is 140 g/mol. The van der Waals surface area contributed by atoms with Gasteiger partial charge in [0.25, 0.3) is 0 Å². The fourth-order valence-electron chi connectivity index (χ4n) is 0.920. The molecule has 1 aromatic heterocycles. The Bertz CT molecular complexity index is 168. The maximum atomic E-state index is 5.11. The normalized spacial score (nSPS) is 13.4. The lowest BCUT2D eigenvalue weighted by molar-refractivity contribution is 0.0810. The third kappa shape index (κ3) is 1.37. The second-order valence-corrected chi connectivity index (χ2v) is 2.05. The van der Waals surface area contributed by atoms with Crippen LogP contribution in [0.4, 0.5) is 0 Å². The van der Waals surface area contributed by atoms with Gasteiger partial charge >= 0.3 is 0 Å². The number of aromatic nitrogens is 1. The van der Waals surface area contributed by atoms with Gasteiger partial charge in [0.1, 0.15) is 6.23 Å². The van der Waals surface area contributed by atoms with Crippen molar-refractivity contribution in [1.82, 2.24) is 10.3 Å². The number of nitrogens with one attached hydrogen (secondary N) is 2. The van der Waals surface area contributed by atoms with Crippen LogP contribution in [0.2, 0.25) is 0 Å². The summed E-state index contributed by atoms with van der Waals surface area (Å²) in [7, 11) is 3.54. The number of H-pyrrole nitrogens is 1. The average molecular weight is 140 g/mol. The molecule has 3 nitrogen and oxygen atoms in total. The third-order valence-corrected chi connectivity index (χ3v) is 1.42. The highest BCUT2D eigenvalue weighted by atomic mass is 16.5. The first-order valence-corrected chi connectivity index (χ1v) is 3.21. The lowest BCUT2D eigenvalue weighted by Crippen LogP contribution is -2.17. The molecule has 0 saturated heterocycles. The Morgan fingerprint density at radius 2 is 2.50 bits per heavy atom. The van der Waals surface area contributed by atoms with Crippen molar-refractivity contribution in [2.75, 3.05) is 14.2 Å². The van der Waals surface area contributed by atoms with E-state index >= 15 is 0 Å². The summed E-state index contributed by atoms with van der Waals surface area (Å²) in [6, 6.07) is 1.98. The number of aromatic amines is 1. The molecule has 2 N–H and O–H groups in total. The highest BCUT2D eigenvalue weighted by Gasteiger charge is 2.05. The Morgan fingerprint density at radius 3 is 2.90 bits per heavy atom. The van der Waals surface area contributed by atoms with Gasteiger partial charge in [0.2, 0.25) is 0 Å². The minimum absolute atomic E-state index is 0.00579. The standard InChI is InChI=1S/C7H12N2O/c1-8-7(10-2)6-3-4-9-5-6/h3-5,7-9H,1-2H3. The summed E-state index contributed by atoms with van der Waals surface area (Å²) >= 11 is 0. The molecule has 1 heterocycles.